The lowest BCUT2D eigenvalue weighted by Crippen LogP contribution is -1.90. The molecule has 19 heavy (non-hydrogen) atoms. The van der Waals surface area contributed by atoms with Gasteiger partial charge in [-0.3, -0.25) is 14.9 Å². The number of benzene rings is 2. The summed E-state index contributed by atoms with van der Waals surface area (Å²) in [5.74, 6) is 0. The topological polar surface area (TPSA) is 60.2 Å². The van der Waals surface area contributed by atoms with Crippen LogP contribution in [0.4, 0.5) is 5.69 Å². The molecule has 0 saturated carbocycles. The minimum Gasteiger partial charge on any atom is -0.298 e. The van der Waals surface area contributed by atoms with Crippen molar-refractivity contribution in [2.75, 3.05) is 0 Å². The Morgan fingerprint density at radius 2 is 1.63 bits per heavy atom. The summed E-state index contributed by atoms with van der Waals surface area (Å²) < 4.78 is 0. The van der Waals surface area contributed by atoms with Gasteiger partial charge >= 0.3 is 0 Å². The summed E-state index contributed by atoms with van der Waals surface area (Å²) in [4.78, 5) is 21.2. The fraction of sp³-hybridized carbons (Fsp3) is 0. The Kier molecular flexibility index (Phi) is 3.83. The van der Waals surface area contributed by atoms with Crippen LogP contribution in [-0.4, -0.2) is 11.2 Å². The number of hydrogen-bond acceptors (Lipinski definition) is 3. The monoisotopic (exact) mass is 253 g/mol. The Balaban J connectivity index is 2.35. The lowest BCUT2D eigenvalue weighted by Gasteiger charge is -2.00. The van der Waals surface area contributed by atoms with Crippen LogP contribution in [-0.2, 0) is 4.79 Å². The highest BCUT2D eigenvalue weighted by atomic mass is 16.6. The number of hydrogen-bond donors (Lipinski definition) is 0. The average Bonchev–Trinajstić information content (AvgIpc) is 2.46. The van der Waals surface area contributed by atoms with E-state index in [9.17, 15) is 14.9 Å². The van der Waals surface area contributed by atoms with E-state index in [0.29, 0.717) is 11.1 Å². The van der Waals surface area contributed by atoms with Crippen LogP contribution in [0, 0.1) is 10.1 Å². The fourth-order valence-electron chi connectivity index (χ4n) is 1.69. The van der Waals surface area contributed by atoms with E-state index in [2.05, 4.69) is 0 Å². The molecule has 0 aliphatic carbocycles. The number of carbonyl (C=O) groups is 1. The number of aldehydes is 1. The fourth-order valence-corrected chi connectivity index (χ4v) is 1.69. The van der Waals surface area contributed by atoms with E-state index in [0.717, 1.165) is 11.8 Å². The number of rotatable bonds is 4. The van der Waals surface area contributed by atoms with Crippen molar-refractivity contribution in [3.63, 3.8) is 0 Å². The largest absolute Gasteiger partial charge is 0.298 e. The normalized spacial score (nSPS) is 11.1. The van der Waals surface area contributed by atoms with Crippen LogP contribution >= 0.6 is 0 Å². The van der Waals surface area contributed by atoms with Crippen LogP contribution < -0.4 is 0 Å². The highest BCUT2D eigenvalue weighted by molar-refractivity contribution is 6.13. The number of nitro groups is 1. The molecule has 0 atom stereocenters. The first-order valence-electron chi connectivity index (χ1n) is 5.67. The molecule has 4 nitrogen and oxygen atoms in total. The van der Waals surface area contributed by atoms with E-state index >= 15 is 0 Å². The standard InChI is InChI=1S/C15H11NO3/c17-11-14(10-12-4-2-1-3-5-12)13-6-8-15(9-7-13)16(18)19/h1-11H. The smallest absolute Gasteiger partial charge is 0.269 e. The van der Waals surface area contributed by atoms with Gasteiger partial charge in [0.15, 0.2) is 6.29 Å². The Bertz CT molecular complexity index is 616. The molecule has 0 heterocycles. The molecule has 0 radical (unpaired) electrons. The predicted octanol–water partition coefficient (Wildman–Crippen LogP) is 3.33. The van der Waals surface area contributed by atoms with Crippen molar-refractivity contribution in [2.24, 2.45) is 0 Å². The minimum atomic E-state index is -0.467. The minimum absolute atomic E-state index is 0.00806. The molecule has 4 heteroatoms. The maximum absolute atomic E-state index is 11.1. The van der Waals surface area contributed by atoms with Gasteiger partial charge in [0.05, 0.1) is 4.92 Å². The van der Waals surface area contributed by atoms with Crippen molar-refractivity contribution in [1.29, 1.82) is 0 Å². The lowest BCUT2D eigenvalue weighted by molar-refractivity contribution is -0.384. The molecule has 94 valence electrons. The molecule has 0 aliphatic heterocycles. The Labute approximate surface area is 110 Å². The van der Waals surface area contributed by atoms with Gasteiger partial charge in [-0.2, -0.15) is 0 Å². The molecule has 0 amide bonds. The van der Waals surface area contributed by atoms with Crippen LogP contribution in [0.15, 0.2) is 54.6 Å². The molecule has 0 aromatic heterocycles. The van der Waals surface area contributed by atoms with E-state index in [4.69, 9.17) is 0 Å². The summed E-state index contributed by atoms with van der Waals surface area (Å²) in [6.07, 6.45) is 2.49. The zero-order chi connectivity index (χ0) is 13.7. The quantitative estimate of drug-likeness (QED) is 0.276. The maximum Gasteiger partial charge on any atom is 0.269 e. The first kappa shape index (κ1) is 12.7. The molecule has 2 aromatic carbocycles. The van der Waals surface area contributed by atoms with Crippen molar-refractivity contribution in [1.82, 2.24) is 0 Å². The molecule has 0 spiro atoms. The van der Waals surface area contributed by atoms with Gasteiger partial charge < -0.3 is 0 Å². The zero-order valence-corrected chi connectivity index (χ0v) is 10.0. The van der Waals surface area contributed by atoms with Crippen molar-refractivity contribution in [2.45, 2.75) is 0 Å². The highest BCUT2D eigenvalue weighted by Gasteiger charge is 2.06. The first-order chi connectivity index (χ1) is 9.20. The van der Waals surface area contributed by atoms with Gasteiger partial charge in [-0.25, -0.2) is 0 Å². The Morgan fingerprint density at radius 1 is 1.00 bits per heavy atom. The summed E-state index contributed by atoms with van der Waals surface area (Å²) in [6.45, 7) is 0. The molecule has 0 bridgehead atoms. The van der Waals surface area contributed by atoms with Gasteiger partial charge in [0.1, 0.15) is 0 Å². The van der Waals surface area contributed by atoms with Crippen LogP contribution in [0.25, 0.3) is 11.6 Å². The molecule has 0 aliphatic rings. The third kappa shape index (κ3) is 3.13. The number of nitrogens with zero attached hydrogens (tertiary/aromatic N) is 1. The Hall–Kier alpha value is -2.75. The summed E-state index contributed by atoms with van der Waals surface area (Å²) in [7, 11) is 0. The van der Waals surface area contributed by atoms with Crippen molar-refractivity contribution in [3.05, 3.63) is 75.8 Å². The van der Waals surface area contributed by atoms with Gasteiger partial charge in [0.25, 0.3) is 5.69 Å². The molecule has 2 aromatic rings. The van der Waals surface area contributed by atoms with Gasteiger partial charge in [-0.15, -0.1) is 0 Å². The maximum atomic E-state index is 11.1. The second kappa shape index (κ2) is 5.73. The summed E-state index contributed by atoms with van der Waals surface area (Å²) in [5.41, 5.74) is 2.06. The molecule has 0 saturated heterocycles. The van der Waals surface area contributed by atoms with Gasteiger partial charge in [-0.05, 0) is 29.3 Å². The predicted molar refractivity (Wildman–Crippen MR) is 73.5 cm³/mol. The van der Waals surface area contributed by atoms with Crippen LogP contribution in [0.3, 0.4) is 0 Å². The first-order valence-corrected chi connectivity index (χ1v) is 5.67. The van der Waals surface area contributed by atoms with Crippen LogP contribution in [0.2, 0.25) is 0 Å². The molecular weight excluding hydrogens is 242 g/mol. The third-order valence-electron chi connectivity index (χ3n) is 2.66. The summed E-state index contributed by atoms with van der Waals surface area (Å²) in [5, 5.41) is 10.6. The summed E-state index contributed by atoms with van der Waals surface area (Å²) >= 11 is 0. The highest BCUT2D eigenvalue weighted by Crippen LogP contribution is 2.19. The van der Waals surface area contributed by atoms with E-state index < -0.39 is 4.92 Å². The van der Waals surface area contributed by atoms with Crippen LogP contribution in [0.1, 0.15) is 11.1 Å². The molecule has 0 unspecified atom stereocenters. The van der Waals surface area contributed by atoms with Crippen molar-refractivity contribution < 1.29 is 9.72 Å². The van der Waals surface area contributed by atoms with E-state index in [1.54, 1.807) is 18.2 Å². The van der Waals surface area contributed by atoms with Gasteiger partial charge in [0.2, 0.25) is 0 Å². The Morgan fingerprint density at radius 3 is 2.16 bits per heavy atom. The van der Waals surface area contributed by atoms with E-state index in [1.807, 2.05) is 30.3 Å². The summed E-state index contributed by atoms with van der Waals surface area (Å²) in [6, 6.07) is 15.3. The molecule has 0 N–H and O–H groups in total. The molecule has 0 fully saturated rings. The second-order valence-electron chi connectivity index (χ2n) is 3.93. The van der Waals surface area contributed by atoms with E-state index in [1.165, 1.54) is 12.1 Å². The zero-order valence-electron chi connectivity index (χ0n) is 10.0. The average molecular weight is 253 g/mol. The third-order valence-corrected chi connectivity index (χ3v) is 2.66. The lowest BCUT2D eigenvalue weighted by atomic mass is 10.0. The number of non-ortho nitro benzene ring substituents is 1. The second-order valence-corrected chi connectivity index (χ2v) is 3.93. The van der Waals surface area contributed by atoms with Crippen molar-refractivity contribution >= 4 is 23.6 Å². The van der Waals surface area contributed by atoms with Gasteiger partial charge in [0, 0.05) is 17.7 Å². The number of allylic oxidation sites excluding steroid dienone is 1. The SMILES string of the molecule is O=CC(=Cc1ccccc1)c1ccc([N+](=O)[O-])cc1. The van der Waals surface area contributed by atoms with E-state index in [-0.39, 0.29) is 5.69 Å². The molecule has 2 rings (SSSR count). The number of nitro benzene ring substituents is 1. The molecular formula is C15H11NO3. The van der Waals surface area contributed by atoms with Crippen molar-refractivity contribution in [3.8, 4) is 0 Å². The van der Waals surface area contributed by atoms with Crippen LogP contribution in [0.5, 0.6) is 0 Å². The number of carbonyl (C=O) groups excluding carboxylic acids is 1. The van der Waals surface area contributed by atoms with Gasteiger partial charge in [-0.1, -0.05) is 30.3 Å².